The van der Waals surface area contributed by atoms with Gasteiger partial charge in [-0.15, -0.1) is 0 Å². The Kier molecular flexibility index (Phi) is 3.63. The highest BCUT2D eigenvalue weighted by molar-refractivity contribution is 6.06. The number of nitrogens with zero attached hydrogens (tertiary/aromatic N) is 1. The minimum atomic E-state index is -0.301. The number of aromatic amines is 1. The van der Waals surface area contributed by atoms with Crippen molar-refractivity contribution in [1.82, 2.24) is 15.3 Å². The van der Waals surface area contributed by atoms with Crippen LogP contribution in [0.15, 0.2) is 42.7 Å². The third-order valence-electron chi connectivity index (χ3n) is 3.35. The molecular formula is C17H16FN3O. The van der Waals surface area contributed by atoms with Gasteiger partial charge in [-0.3, -0.25) is 4.79 Å². The fraction of sp³-hybridized carbons (Fsp3) is 0.176. The largest absolute Gasteiger partial charge is 0.350 e. The minimum Gasteiger partial charge on any atom is -0.350 e. The van der Waals surface area contributed by atoms with Crippen molar-refractivity contribution in [2.45, 2.75) is 19.9 Å². The van der Waals surface area contributed by atoms with E-state index in [-0.39, 0.29) is 17.8 Å². The van der Waals surface area contributed by atoms with Crippen LogP contribution in [0.3, 0.4) is 0 Å². The number of pyridine rings is 1. The van der Waals surface area contributed by atoms with Crippen LogP contribution in [-0.2, 0) is 0 Å². The lowest BCUT2D eigenvalue weighted by atomic mass is 10.1. The van der Waals surface area contributed by atoms with Gasteiger partial charge in [-0.05, 0) is 37.6 Å². The van der Waals surface area contributed by atoms with Crippen molar-refractivity contribution in [2.75, 3.05) is 0 Å². The Labute approximate surface area is 127 Å². The summed E-state index contributed by atoms with van der Waals surface area (Å²) in [5.74, 6) is -0.455. The van der Waals surface area contributed by atoms with Crippen LogP contribution in [0.5, 0.6) is 0 Å². The normalized spacial score (nSPS) is 11.1. The lowest BCUT2D eigenvalue weighted by Gasteiger charge is -2.07. The van der Waals surface area contributed by atoms with E-state index in [0.717, 1.165) is 16.5 Å². The monoisotopic (exact) mass is 297 g/mol. The number of rotatable bonds is 3. The topological polar surface area (TPSA) is 57.8 Å². The molecule has 3 rings (SSSR count). The third kappa shape index (κ3) is 2.70. The molecular weight excluding hydrogens is 281 g/mol. The first-order chi connectivity index (χ1) is 10.5. The summed E-state index contributed by atoms with van der Waals surface area (Å²) in [5, 5.41) is 3.58. The predicted octanol–water partition coefficient (Wildman–Crippen LogP) is 3.51. The van der Waals surface area contributed by atoms with Crippen LogP contribution < -0.4 is 5.32 Å². The summed E-state index contributed by atoms with van der Waals surface area (Å²) < 4.78 is 13.4. The van der Waals surface area contributed by atoms with E-state index in [1.165, 1.54) is 12.1 Å². The quantitative estimate of drug-likeness (QED) is 0.777. The summed E-state index contributed by atoms with van der Waals surface area (Å²) >= 11 is 0. The Morgan fingerprint density at radius 1 is 1.27 bits per heavy atom. The fourth-order valence-electron chi connectivity index (χ4n) is 2.36. The van der Waals surface area contributed by atoms with E-state index in [1.807, 2.05) is 26.0 Å². The molecule has 5 heteroatoms. The maximum atomic E-state index is 13.4. The van der Waals surface area contributed by atoms with Crippen molar-refractivity contribution in [3.05, 3.63) is 54.1 Å². The van der Waals surface area contributed by atoms with E-state index >= 15 is 0 Å². The highest BCUT2D eigenvalue weighted by Crippen LogP contribution is 2.25. The fourth-order valence-corrected chi connectivity index (χ4v) is 2.36. The van der Waals surface area contributed by atoms with E-state index in [0.29, 0.717) is 11.2 Å². The van der Waals surface area contributed by atoms with Gasteiger partial charge in [0.25, 0.3) is 5.91 Å². The maximum Gasteiger partial charge on any atom is 0.253 e. The van der Waals surface area contributed by atoms with Gasteiger partial charge in [0.05, 0.1) is 5.56 Å². The van der Waals surface area contributed by atoms with Crippen LogP contribution in [0.25, 0.3) is 22.2 Å². The second-order valence-corrected chi connectivity index (χ2v) is 5.46. The van der Waals surface area contributed by atoms with Crippen LogP contribution >= 0.6 is 0 Å². The molecule has 2 N–H and O–H groups in total. The molecule has 0 atom stereocenters. The van der Waals surface area contributed by atoms with Crippen LogP contribution in [0.2, 0.25) is 0 Å². The molecule has 0 unspecified atom stereocenters. The Bertz CT molecular complexity index is 839. The zero-order chi connectivity index (χ0) is 15.7. The van der Waals surface area contributed by atoms with Crippen LogP contribution in [-0.4, -0.2) is 21.9 Å². The van der Waals surface area contributed by atoms with E-state index in [9.17, 15) is 9.18 Å². The molecule has 0 aliphatic carbocycles. The molecule has 22 heavy (non-hydrogen) atoms. The minimum absolute atomic E-state index is 0.0526. The first-order valence-electron chi connectivity index (χ1n) is 7.08. The van der Waals surface area contributed by atoms with Crippen LogP contribution in [0, 0.1) is 5.82 Å². The summed E-state index contributed by atoms with van der Waals surface area (Å²) in [6, 6.07) is 8.21. The molecule has 0 saturated carbocycles. The summed E-state index contributed by atoms with van der Waals surface area (Å²) in [7, 11) is 0. The Morgan fingerprint density at radius 2 is 2.09 bits per heavy atom. The number of H-pyrrole nitrogens is 1. The molecule has 0 radical (unpaired) electrons. The molecule has 0 bridgehead atoms. The molecule has 3 aromatic rings. The van der Waals surface area contributed by atoms with E-state index in [4.69, 9.17) is 0 Å². The molecule has 0 fully saturated rings. The number of nitrogens with one attached hydrogen (secondary N) is 2. The predicted molar refractivity (Wildman–Crippen MR) is 84.1 cm³/mol. The molecule has 0 aliphatic heterocycles. The highest BCUT2D eigenvalue weighted by Gasteiger charge is 2.14. The highest BCUT2D eigenvalue weighted by atomic mass is 19.1. The summed E-state index contributed by atoms with van der Waals surface area (Å²) in [4.78, 5) is 19.5. The average molecular weight is 297 g/mol. The van der Waals surface area contributed by atoms with Gasteiger partial charge in [0, 0.05) is 29.4 Å². The molecule has 2 heterocycles. The first kappa shape index (κ1) is 14.3. The van der Waals surface area contributed by atoms with Gasteiger partial charge in [0.2, 0.25) is 0 Å². The van der Waals surface area contributed by atoms with Gasteiger partial charge < -0.3 is 10.3 Å². The van der Waals surface area contributed by atoms with Gasteiger partial charge in [-0.25, -0.2) is 9.37 Å². The molecule has 112 valence electrons. The number of hydrogen-bond donors (Lipinski definition) is 2. The lowest BCUT2D eigenvalue weighted by Crippen LogP contribution is -2.29. The standard InChI is InChI=1S/C17H16FN3O/c1-10(2)21-17(22)15-9-20-16-14(15)7-12(8-19-16)11-4-3-5-13(18)6-11/h3-10H,1-2H3,(H,19,20)(H,21,22). The van der Waals surface area contributed by atoms with Crippen molar-refractivity contribution >= 4 is 16.9 Å². The number of amides is 1. The number of fused-ring (bicyclic) bond motifs is 1. The average Bonchev–Trinajstić information content (AvgIpc) is 2.89. The van der Waals surface area contributed by atoms with Crippen molar-refractivity contribution in [1.29, 1.82) is 0 Å². The Morgan fingerprint density at radius 3 is 2.82 bits per heavy atom. The Hall–Kier alpha value is -2.69. The maximum absolute atomic E-state index is 13.4. The molecule has 2 aromatic heterocycles. The van der Waals surface area contributed by atoms with Crippen molar-refractivity contribution < 1.29 is 9.18 Å². The van der Waals surface area contributed by atoms with Crippen molar-refractivity contribution in [2.24, 2.45) is 0 Å². The smallest absolute Gasteiger partial charge is 0.253 e. The molecule has 0 spiro atoms. The molecule has 1 amide bonds. The number of benzene rings is 1. The SMILES string of the molecule is CC(C)NC(=O)c1c[nH]c2ncc(-c3cccc(F)c3)cc12. The zero-order valence-electron chi connectivity index (χ0n) is 12.4. The molecule has 1 aromatic carbocycles. The van der Waals surface area contributed by atoms with Gasteiger partial charge in [-0.1, -0.05) is 12.1 Å². The number of halogens is 1. The third-order valence-corrected chi connectivity index (χ3v) is 3.35. The number of carbonyl (C=O) groups excluding carboxylic acids is 1. The second kappa shape index (κ2) is 5.60. The number of carbonyl (C=O) groups is 1. The van der Waals surface area contributed by atoms with Gasteiger partial charge in [0.15, 0.2) is 0 Å². The van der Waals surface area contributed by atoms with E-state index < -0.39 is 0 Å². The van der Waals surface area contributed by atoms with E-state index in [2.05, 4.69) is 15.3 Å². The molecule has 0 saturated heterocycles. The lowest BCUT2D eigenvalue weighted by molar-refractivity contribution is 0.0945. The Balaban J connectivity index is 2.07. The molecule has 0 aliphatic rings. The van der Waals surface area contributed by atoms with Crippen molar-refractivity contribution in [3.8, 4) is 11.1 Å². The number of hydrogen-bond acceptors (Lipinski definition) is 2. The summed E-state index contributed by atoms with van der Waals surface area (Å²) in [5.41, 5.74) is 2.67. The molecule has 4 nitrogen and oxygen atoms in total. The van der Waals surface area contributed by atoms with E-state index in [1.54, 1.807) is 18.5 Å². The first-order valence-corrected chi connectivity index (χ1v) is 7.08. The summed E-state index contributed by atoms with van der Waals surface area (Å²) in [6.45, 7) is 3.81. The van der Waals surface area contributed by atoms with Gasteiger partial charge >= 0.3 is 0 Å². The van der Waals surface area contributed by atoms with Crippen LogP contribution in [0.1, 0.15) is 24.2 Å². The second-order valence-electron chi connectivity index (χ2n) is 5.46. The van der Waals surface area contributed by atoms with Gasteiger partial charge in [0.1, 0.15) is 11.5 Å². The van der Waals surface area contributed by atoms with Crippen LogP contribution in [0.4, 0.5) is 4.39 Å². The van der Waals surface area contributed by atoms with Gasteiger partial charge in [-0.2, -0.15) is 0 Å². The zero-order valence-corrected chi connectivity index (χ0v) is 12.4. The number of aromatic nitrogens is 2. The summed E-state index contributed by atoms with van der Waals surface area (Å²) in [6.07, 6.45) is 3.31. The van der Waals surface area contributed by atoms with Crippen molar-refractivity contribution in [3.63, 3.8) is 0 Å².